The standard InChI is InChI=1S/C25H30N4O2.ClH/c1-4-10-28-21-15-24-25(19-13-17(7-8-18(19)21)30-11-6-9-26)29-22-12-16(3)20(27-5-2)14-23(22)31-24;/h7-8,12-15,28H,4-6,9-11,26H2,1-3H3;1H. The highest BCUT2D eigenvalue weighted by Crippen LogP contribution is 2.36. The van der Waals surface area contributed by atoms with E-state index >= 15 is 0 Å². The lowest BCUT2D eigenvalue weighted by atomic mass is 10.0. The van der Waals surface area contributed by atoms with Gasteiger partial charge in [0.05, 0.1) is 12.0 Å². The maximum atomic E-state index is 6.34. The number of rotatable bonds is 8. The second-order valence-corrected chi connectivity index (χ2v) is 7.69. The lowest BCUT2D eigenvalue weighted by Crippen LogP contribution is -2.09. The first-order chi connectivity index (χ1) is 15.1. The number of nitrogens with one attached hydrogen (secondary N) is 1. The summed E-state index contributed by atoms with van der Waals surface area (Å²) in [6.45, 7) is 9.06. The summed E-state index contributed by atoms with van der Waals surface area (Å²) in [5.74, 6) is 1.55. The molecule has 1 aliphatic heterocycles. The summed E-state index contributed by atoms with van der Waals surface area (Å²) in [5, 5.41) is 6.58. The average Bonchev–Trinajstić information content (AvgIpc) is 2.77. The second kappa shape index (κ2) is 10.7. The van der Waals surface area contributed by atoms with Gasteiger partial charge in [0.15, 0.2) is 11.3 Å². The fourth-order valence-corrected chi connectivity index (χ4v) is 3.74. The third-order valence-corrected chi connectivity index (χ3v) is 5.29. The quantitative estimate of drug-likeness (QED) is 0.215. The average molecular weight is 455 g/mol. The zero-order valence-electron chi connectivity index (χ0n) is 18.9. The molecule has 0 saturated carbocycles. The highest BCUT2D eigenvalue weighted by atomic mass is 35.5. The Labute approximate surface area is 194 Å². The van der Waals surface area contributed by atoms with Crippen LogP contribution in [0.4, 0.5) is 5.69 Å². The number of benzene rings is 3. The molecule has 0 radical (unpaired) electrons. The van der Waals surface area contributed by atoms with Gasteiger partial charge in [0.1, 0.15) is 17.0 Å². The van der Waals surface area contributed by atoms with Crippen molar-refractivity contribution in [2.45, 2.75) is 33.6 Å². The van der Waals surface area contributed by atoms with Gasteiger partial charge in [0.2, 0.25) is 0 Å². The molecule has 0 amide bonds. The first-order valence-corrected chi connectivity index (χ1v) is 11.0. The van der Waals surface area contributed by atoms with Crippen molar-refractivity contribution in [2.75, 3.05) is 31.6 Å². The van der Waals surface area contributed by atoms with Crippen molar-refractivity contribution >= 4 is 40.0 Å². The van der Waals surface area contributed by atoms with E-state index in [2.05, 4.69) is 30.2 Å². The van der Waals surface area contributed by atoms with Gasteiger partial charge in [-0.1, -0.05) is 6.92 Å². The van der Waals surface area contributed by atoms with E-state index in [4.69, 9.17) is 19.9 Å². The molecular formula is C25H31ClN4O2. The molecule has 6 nitrogen and oxygen atoms in total. The molecule has 0 saturated heterocycles. The molecule has 0 fully saturated rings. The maximum Gasteiger partial charge on any atom is 0.155 e. The SMILES string of the molecule is CCCNc1cc2oc3cc(=NCC)c(C)cc-3nc2c2cc(OCCCN)ccc12.Cl. The topological polar surface area (TPSA) is 85.7 Å². The van der Waals surface area contributed by atoms with Crippen LogP contribution in [0.25, 0.3) is 33.3 Å². The Hall–Kier alpha value is -2.83. The molecule has 1 heterocycles. The number of nitrogens with zero attached hydrogens (tertiary/aromatic N) is 2. The van der Waals surface area contributed by atoms with Gasteiger partial charge in [0.25, 0.3) is 0 Å². The van der Waals surface area contributed by atoms with Crippen LogP contribution >= 0.6 is 12.4 Å². The highest BCUT2D eigenvalue weighted by molar-refractivity contribution is 6.10. The van der Waals surface area contributed by atoms with E-state index in [9.17, 15) is 0 Å². The molecule has 0 atom stereocenters. The molecular weight excluding hydrogens is 424 g/mol. The van der Waals surface area contributed by atoms with Gasteiger partial charge in [-0.3, -0.25) is 4.99 Å². The summed E-state index contributed by atoms with van der Waals surface area (Å²) in [4.78, 5) is 9.55. The Balaban J connectivity index is 0.00000289. The van der Waals surface area contributed by atoms with Gasteiger partial charge in [0, 0.05) is 41.7 Å². The van der Waals surface area contributed by atoms with Crippen molar-refractivity contribution in [1.29, 1.82) is 0 Å². The first kappa shape index (κ1) is 23.8. The minimum absolute atomic E-state index is 0. The molecule has 7 heteroatoms. The van der Waals surface area contributed by atoms with Crippen LogP contribution in [0.1, 0.15) is 32.3 Å². The molecule has 2 aliphatic rings. The van der Waals surface area contributed by atoms with Crippen LogP contribution in [-0.2, 0) is 0 Å². The molecule has 2 aromatic carbocycles. The van der Waals surface area contributed by atoms with Gasteiger partial charge in [-0.25, -0.2) is 4.98 Å². The Kier molecular flexibility index (Phi) is 7.94. The number of fused-ring (bicyclic) bond motifs is 4. The van der Waals surface area contributed by atoms with E-state index in [1.807, 2.05) is 37.3 Å². The number of anilines is 1. The minimum Gasteiger partial charge on any atom is -0.494 e. The van der Waals surface area contributed by atoms with Crippen LogP contribution in [0.5, 0.6) is 5.75 Å². The molecule has 0 unspecified atom stereocenters. The summed E-state index contributed by atoms with van der Waals surface area (Å²) in [6.07, 6.45) is 1.85. The Bertz CT molecular complexity index is 1250. The minimum atomic E-state index is 0. The molecule has 1 aliphatic carbocycles. The van der Waals surface area contributed by atoms with Crippen LogP contribution in [0.15, 0.2) is 45.8 Å². The zero-order chi connectivity index (χ0) is 21.8. The first-order valence-electron chi connectivity index (χ1n) is 11.0. The summed E-state index contributed by atoms with van der Waals surface area (Å²) >= 11 is 0. The van der Waals surface area contributed by atoms with Crippen LogP contribution in [0, 0.1) is 6.92 Å². The number of nitrogens with two attached hydrogens (primary N) is 1. The van der Waals surface area contributed by atoms with Crippen molar-refractivity contribution in [3.8, 4) is 17.2 Å². The highest BCUT2D eigenvalue weighted by Gasteiger charge is 2.16. The van der Waals surface area contributed by atoms with Gasteiger partial charge < -0.3 is 20.2 Å². The number of ether oxygens (including phenoxy) is 1. The van der Waals surface area contributed by atoms with Crippen molar-refractivity contribution < 1.29 is 9.15 Å². The lowest BCUT2D eigenvalue weighted by molar-refractivity contribution is 0.314. The summed E-state index contributed by atoms with van der Waals surface area (Å²) in [7, 11) is 0. The predicted molar refractivity (Wildman–Crippen MR) is 134 cm³/mol. The molecule has 0 bridgehead atoms. The van der Waals surface area contributed by atoms with Crippen molar-refractivity contribution in [3.05, 3.63) is 47.3 Å². The summed E-state index contributed by atoms with van der Waals surface area (Å²) < 4.78 is 12.2. The number of halogens is 1. The zero-order valence-corrected chi connectivity index (χ0v) is 19.7. The van der Waals surface area contributed by atoms with Crippen LogP contribution in [0.2, 0.25) is 0 Å². The van der Waals surface area contributed by atoms with Crippen LogP contribution in [-0.4, -0.2) is 31.2 Å². The monoisotopic (exact) mass is 454 g/mol. The second-order valence-electron chi connectivity index (χ2n) is 7.69. The van der Waals surface area contributed by atoms with Gasteiger partial charge in [-0.05, 0) is 63.1 Å². The number of hydrogen-bond acceptors (Lipinski definition) is 6. The predicted octanol–water partition coefficient (Wildman–Crippen LogP) is 5.29. The summed E-state index contributed by atoms with van der Waals surface area (Å²) in [6, 6.07) is 12.2. The maximum absolute atomic E-state index is 6.34. The molecule has 170 valence electrons. The van der Waals surface area contributed by atoms with Crippen LogP contribution < -0.4 is 21.1 Å². The number of hydrogen-bond donors (Lipinski definition) is 2. The number of aryl methyl sites for hydroxylation is 1. The van der Waals surface area contributed by atoms with E-state index < -0.39 is 0 Å². The smallest absolute Gasteiger partial charge is 0.155 e. The molecule has 3 N–H and O–H groups in total. The number of aromatic nitrogens is 1. The molecule has 0 spiro atoms. The fourth-order valence-electron chi connectivity index (χ4n) is 3.74. The van der Waals surface area contributed by atoms with Crippen LogP contribution in [0.3, 0.4) is 0 Å². The molecule has 0 aromatic heterocycles. The fraction of sp³-hybridized carbons (Fsp3) is 0.360. The Morgan fingerprint density at radius 3 is 2.72 bits per heavy atom. The van der Waals surface area contributed by atoms with Gasteiger partial charge in [-0.15, -0.1) is 12.4 Å². The lowest BCUT2D eigenvalue weighted by Gasteiger charge is -2.15. The van der Waals surface area contributed by atoms with Crippen molar-refractivity contribution in [3.63, 3.8) is 0 Å². The Morgan fingerprint density at radius 1 is 1.12 bits per heavy atom. The van der Waals surface area contributed by atoms with E-state index in [0.717, 1.165) is 81.6 Å². The van der Waals surface area contributed by atoms with Crippen molar-refractivity contribution in [2.24, 2.45) is 10.7 Å². The molecule has 2 aromatic rings. The van der Waals surface area contributed by atoms with E-state index in [-0.39, 0.29) is 12.4 Å². The van der Waals surface area contributed by atoms with E-state index in [0.29, 0.717) is 13.2 Å². The summed E-state index contributed by atoms with van der Waals surface area (Å²) in [5.41, 5.74) is 10.1. The van der Waals surface area contributed by atoms with E-state index in [1.165, 1.54) is 0 Å². The molecule has 4 rings (SSSR count). The third kappa shape index (κ3) is 4.81. The Morgan fingerprint density at radius 2 is 1.97 bits per heavy atom. The third-order valence-electron chi connectivity index (χ3n) is 5.29. The van der Waals surface area contributed by atoms with Crippen molar-refractivity contribution in [1.82, 2.24) is 4.98 Å². The molecule has 32 heavy (non-hydrogen) atoms. The largest absolute Gasteiger partial charge is 0.494 e. The van der Waals surface area contributed by atoms with Gasteiger partial charge >= 0.3 is 0 Å². The van der Waals surface area contributed by atoms with E-state index in [1.54, 1.807) is 0 Å². The van der Waals surface area contributed by atoms with Gasteiger partial charge in [-0.2, -0.15) is 0 Å². The normalized spacial score (nSPS) is 11.8.